The van der Waals surface area contributed by atoms with Crippen molar-refractivity contribution in [2.45, 2.75) is 38.9 Å². The Labute approximate surface area is 137 Å². The molecule has 4 nitrogen and oxygen atoms in total. The minimum atomic E-state index is -4.43. The van der Waals surface area contributed by atoms with E-state index in [0.717, 1.165) is 42.7 Å². The van der Waals surface area contributed by atoms with E-state index in [9.17, 15) is 18.0 Å². The number of benzene rings is 1. The molecule has 0 bridgehead atoms. The Morgan fingerprint density at radius 3 is 2.96 bits per heavy atom. The van der Waals surface area contributed by atoms with Crippen molar-refractivity contribution >= 4 is 11.6 Å². The number of rotatable bonds is 3. The van der Waals surface area contributed by atoms with E-state index in [1.54, 1.807) is 4.68 Å². The molecule has 7 heteroatoms. The van der Waals surface area contributed by atoms with Crippen molar-refractivity contribution in [2.75, 3.05) is 5.32 Å². The number of hydrogen-bond acceptors (Lipinski definition) is 2. The van der Waals surface area contributed by atoms with Crippen molar-refractivity contribution in [3.63, 3.8) is 0 Å². The molecule has 0 saturated carbocycles. The number of aromatic nitrogens is 2. The van der Waals surface area contributed by atoms with Gasteiger partial charge in [-0.25, -0.2) is 0 Å². The summed E-state index contributed by atoms with van der Waals surface area (Å²) in [5.74, 6) is 0.205. The summed E-state index contributed by atoms with van der Waals surface area (Å²) in [6.45, 7) is 2.16. The molecule has 128 valence electrons. The van der Waals surface area contributed by atoms with E-state index in [0.29, 0.717) is 5.92 Å². The lowest BCUT2D eigenvalue weighted by atomic mass is 9.89. The molecular formula is C17H18F3N3O. The van der Waals surface area contributed by atoms with Crippen LogP contribution in [0, 0.1) is 5.92 Å². The zero-order chi connectivity index (χ0) is 17.3. The van der Waals surface area contributed by atoms with Gasteiger partial charge in [-0.1, -0.05) is 13.0 Å². The van der Waals surface area contributed by atoms with Crippen LogP contribution in [-0.2, 0) is 30.4 Å². The smallest absolute Gasteiger partial charge is 0.324 e. The number of halogens is 3. The molecule has 0 saturated heterocycles. The third-order valence-corrected chi connectivity index (χ3v) is 4.15. The third-order valence-electron chi connectivity index (χ3n) is 4.15. The quantitative estimate of drug-likeness (QED) is 0.929. The van der Waals surface area contributed by atoms with Gasteiger partial charge in [0.2, 0.25) is 5.91 Å². The molecule has 0 aliphatic heterocycles. The first-order valence-electron chi connectivity index (χ1n) is 7.83. The highest BCUT2D eigenvalue weighted by molar-refractivity contribution is 5.90. The van der Waals surface area contributed by atoms with E-state index in [-0.39, 0.29) is 12.2 Å². The van der Waals surface area contributed by atoms with Crippen molar-refractivity contribution in [1.29, 1.82) is 0 Å². The first-order chi connectivity index (χ1) is 11.3. The van der Waals surface area contributed by atoms with E-state index in [1.807, 2.05) is 6.20 Å². The van der Waals surface area contributed by atoms with Gasteiger partial charge in [-0.3, -0.25) is 9.48 Å². The maximum absolute atomic E-state index is 12.7. The maximum atomic E-state index is 12.7. The van der Waals surface area contributed by atoms with Crippen molar-refractivity contribution in [3.05, 3.63) is 47.3 Å². The Bertz CT molecular complexity index is 752. The van der Waals surface area contributed by atoms with Crippen LogP contribution in [0.3, 0.4) is 0 Å². The van der Waals surface area contributed by atoms with Crippen LogP contribution in [-0.4, -0.2) is 15.7 Å². The van der Waals surface area contributed by atoms with Gasteiger partial charge >= 0.3 is 6.18 Å². The maximum Gasteiger partial charge on any atom is 0.416 e. The average molecular weight is 337 g/mol. The highest BCUT2D eigenvalue weighted by atomic mass is 19.4. The van der Waals surface area contributed by atoms with Crippen LogP contribution in [0.25, 0.3) is 0 Å². The molecule has 0 fully saturated rings. The molecule has 24 heavy (non-hydrogen) atoms. The van der Waals surface area contributed by atoms with Crippen molar-refractivity contribution < 1.29 is 18.0 Å². The van der Waals surface area contributed by atoms with Crippen LogP contribution in [0.2, 0.25) is 0 Å². The number of aryl methyl sites for hydroxylation is 1. The summed E-state index contributed by atoms with van der Waals surface area (Å²) in [6.07, 6.45) is 0.360. The highest BCUT2D eigenvalue weighted by Crippen LogP contribution is 2.30. The fourth-order valence-corrected chi connectivity index (χ4v) is 2.95. The zero-order valence-electron chi connectivity index (χ0n) is 13.2. The van der Waals surface area contributed by atoms with Gasteiger partial charge in [-0.05, 0) is 48.9 Å². The molecular weight excluding hydrogens is 319 g/mol. The van der Waals surface area contributed by atoms with E-state index in [2.05, 4.69) is 17.3 Å². The summed E-state index contributed by atoms with van der Waals surface area (Å²) in [6, 6.07) is 4.60. The Morgan fingerprint density at radius 2 is 2.21 bits per heavy atom. The fraction of sp³-hybridized carbons (Fsp3) is 0.412. The molecule has 1 aromatic heterocycles. The Hall–Kier alpha value is -2.31. The number of nitrogens with one attached hydrogen (secondary N) is 1. The normalized spacial score (nSPS) is 17.4. The van der Waals surface area contributed by atoms with Gasteiger partial charge in [0.15, 0.2) is 0 Å². The Balaban J connectivity index is 1.66. The molecule has 1 N–H and O–H groups in total. The summed E-state index contributed by atoms with van der Waals surface area (Å²) in [4.78, 5) is 12.1. The van der Waals surface area contributed by atoms with E-state index < -0.39 is 17.6 Å². The van der Waals surface area contributed by atoms with Gasteiger partial charge in [0.1, 0.15) is 6.54 Å². The molecule has 1 aliphatic carbocycles. The summed E-state index contributed by atoms with van der Waals surface area (Å²) in [5, 5.41) is 6.89. The minimum Gasteiger partial charge on any atom is -0.324 e. The number of hydrogen-bond donors (Lipinski definition) is 1. The molecule has 0 spiro atoms. The highest BCUT2D eigenvalue weighted by Gasteiger charge is 2.30. The second kappa shape index (κ2) is 6.30. The minimum absolute atomic E-state index is 0.0162. The van der Waals surface area contributed by atoms with Gasteiger partial charge in [0.25, 0.3) is 0 Å². The standard InChI is InChI=1S/C17H18F3N3O/c1-11-5-6-15-12(7-11)9-23(22-15)10-16(24)21-14-4-2-3-13(8-14)17(18,19)20/h2-4,8-9,11H,5-7,10H2,1H3,(H,21,24)/t11-/m0/s1. The van der Waals surface area contributed by atoms with Crippen LogP contribution in [0.15, 0.2) is 30.5 Å². The Morgan fingerprint density at radius 1 is 1.42 bits per heavy atom. The monoisotopic (exact) mass is 337 g/mol. The second-order valence-corrected chi connectivity index (χ2v) is 6.27. The summed E-state index contributed by atoms with van der Waals surface area (Å²) in [5.41, 5.74) is 1.50. The molecule has 0 radical (unpaired) electrons. The lowest BCUT2D eigenvalue weighted by Gasteiger charge is -2.15. The summed E-state index contributed by atoms with van der Waals surface area (Å²) in [7, 11) is 0. The van der Waals surface area contributed by atoms with Gasteiger partial charge in [0.05, 0.1) is 11.3 Å². The zero-order valence-corrected chi connectivity index (χ0v) is 13.2. The lowest BCUT2D eigenvalue weighted by molar-refractivity contribution is -0.137. The predicted octanol–water partition coefficient (Wildman–Crippen LogP) is 3.67. The molecule has 1 aliphatic rings. The van der Waals surface area contributed by atoms with Crippen LogP contribution >= 0.6 is 0 Å². The van der Waals surface area contributed by atoms with E-state index in [1.165, 1.54) is 12.1 Å². The molecule has 0 unspecified atom stereocenters. The molecule has 2 aromatic rings. The topological polar surface area (TPSA) is 46.9 Å². The van der Waals surface area contributed by atoms with Crippen LogP contribution in [0.5, 0.6) is 0 Å². The largest absolute Gasteiger partial charge is 0.416 e. The van der Waals surface area contributed by atoms with Crippen LogP contribution < -0.4 is 5.32 Å². The van der Waals surface area contributed by atoms with Gasteiger partial charge in [0, 0.05) is 11.9 Å². The fourth-order valence-electron chi connectivity index (χ4n) is 2.95. The van der Waals surface area contributed by atoms with Gasteiger partial charge < -0.3 is 5.32 Å². The average Bonchev–Trinajstić information content (AvgIpc) is 2.87. The predicted molar refractivity (Wildman–Crippen MR) is 83.5 cm³/mol. The number of carbonyl (C=O) groups is 1. The summed E-state index contributed by atoms with van der Waals surface area (Å²) >= 11 is 0. The summed E-state index contributed by atoms with van der Waals surface area (Å²) < 4.78 is 39.6. The number of anilines is 1. The molecule has 1 atom stereocenters. The number of nitrogens with zero attached hydrogens (tertiary/aromatic N) is 2. The van der Waals surface area contributed by atoms with Crippen molar-refractivity contribution in [1.82, 2.24) is 9.78 Å². The first-order valence-corrected chi connectivity index (χ1v) is 7.83. The molecule has 3 rings (SSSR count). The Kier molecular flexibility index (Phi) is 4.34. The molecule has 1 aromatic carbocycles. The van der Waals surface area contributed by atoms with E-state index in [4.69, 9.17) is 0 Å². The SMILES string of the molecule is C[C@H]1CCc2nn(CC(=O)Nc3cccc(C(F)(F)F)c3)cc2C1. The molecule has 1 amide bonds. The number of carbonyl (C=O) groups excluding carboxylic acids is 1. The van der Waals surface area contributed by atoms with E-state index >= 15 is 0 Å². The lowest BCUT2D eigenvalue weighted by Crippen LogP contribution is -2.19. The second-order valence-electron chi connectivity index (χ2n) is 6.27. The molecule has 1 heterocycles. The van der Waals surface area contributed by atoms with Crippen LogP contribution in [0.1, 0.15) is 30.2 Å². The number of alkyl halides is 3. The van der Waals surface area contributed by atoms with Crippen molar-refractivity contribution in [2.24, 2.45) is 5.92 Å². The number of amides is 1. The van der Waals surface area contributed by atoms with Crippen LogP contribution in [0.4, 0.5) is 18.9 Å². The van der Waals surface area contributed by atoms with Gasteiger partial charge in [-0.2, -0.15) is 18.3 Å². The van der Waals surface area contributed by atoms with Crippen molar-refractivity contribution in [3.8, 4) is 0 Å². The number of fused-ring (bicyclic) bond motifs is 1. The van der Waals surface area contributed by atoms with Gasteiger partial charge in [-0.15, -0.1) is 0 Å². The first kappa shape index (κ1) is 16.5. The third kappa shape index (κ3) is 3.77.